The van der Waals surface area contributed by atoms with Crippen LogP contribution >= 0.6 is 0 Å². The summed E-state index contributed by atoms with van der Waals surface area (Å²) in [7, 11) is 0. The molecule has 1 aliphatic heterocycles. The highest BCUT2D eigenvalue weighted by atomic mass is 16.5. The monoisotopic (exact) mass is 291 g/mol. The fourth-order valence-corrected chi connectivity index (χ4v) is 2.92. The molecule has 2 N–H and O–H groups in total. The van der Waals surface area contributed by atoms with E-state index in [-0.39, 0.29) is 29.3 Å². The lowest BCUT2D eigenvalue weighted by atomic mass is 9.94. The molecule has 1 saturated heterocycles. The summed E-state index contributed by atoms with van der Waals surface area (Å²) in [5.74, 6) is 0. The van der Waals surface area contributed by atoms with Gasteiger partial charge >= 0.3 is 6.03 Å². The van der Waals surface area contributed by atoms with E-state index >= 15 is 0 Å². The van der Waals surface area contributed by atoms with Gasteiger partial charge in [-0.05, 0) is 58.7 Å². The lowest BCUT2D eigenvalue weighted by Crippen LogP contribution is -2.50. The summed E-state index contributed by atoms with van der Waals surface area (Å²) in [6, 6.07) is 3.56. The Kier molecular flexibility index (Phi) is 4.23. The number of amides is 2. The lowest BCUT2D eigenvalue weighted by Gasteiger charge is -2.28. The average Bonchev–Trinajstić information content (AvgIpc) is 2.57. The first kappa shape index (κ1) is 15.8. The molecule has 1 fully saturated rings. The number of carbonyl (C=O) groups is 1. The van der Waals surface area contributed by atoms with E-state index in [0.29, 0.717) is 0 Å². The molecular formula is C16H25N3O2. The molecule has 5 heteroatoms. The second kappa shape index (κ2) is 5.64. The summed E-state index contributed by atoms with van der Waals surface area (Å²) in [6.45, 7) is 10.1. The summed E-state index contributed by atoms with van der Waals surface area (Å²) in [5, 5.41) is 5.99. The Labute approximate surface area is 126 Å². The average molecular weight is 291 g/mol. The van der Waals surface area contributed by atoms with Crippen LogP contribution in [0.3, 0.4) is 0 Å². The van der Waals surface area contributed by atoms with E-state index in [9.17, 15) is 4.79 Å². The highest BCUT2D eigenvalue weighted by Crippen LogP contribution is 2.37. The minimum Gasteiger partial charge on any atom is -0.367 e. The number of nitrogens with one attached hydrogen (secondary N) is 2. The number of aromatic nitrogens is 1. The van der Waals surface area contributed by atoms with Crippen molar-refractivity contribution in [1.82, 2.24) is 15.6 Å². The van der Waals surface area contributed by atoms with Gasteiger partial charge in [-0.15, -0.1) is 0 Å². The van der Waals surface area contributed by atoms with Crippen molar-refractivity contribution in [3.8, 4) is 0 Å². The van der Waals surface area contributed by atoms with Gasteiger partial charge in [0.2, 0.25) is 0 Å². The van der Waals surface area contributed by atoms with E-state index in [1.54, 1.807) is 12.4 Å². The first-order chi connectivity index (χ1) is 9.70. The van der Waals surface area contributed by atoms with Crippen LogP contribution in [0.1, 0.15) is 52.6 Å². The number of carbonyl (C=O) groups excluding carboxylic acids is 1. The van der Waals surface area contributed by atoms with Crippen molar-refractivity contribution in [2.24, 2.45) is 0 Å². The normalized spacial score (nSPS) is 24.3. The molecule has 0 aliphatic carbocycles. The molecule has 0 bridgehead atoms. The largest absolute Gasteiger partial charge is 0.367 e. The molecule has 2 heterocycles. The summed E-state index contributed by atoms with van der Waals surface area (Å²) in [4.78, 5) is 16.2. The third-order valence-electron chi connectivity index (χ3n) is 3.93. The predicted molar refractivity (Wildman–Crippen MR) is 82.0 cm³/mol. The zero-order valence-electron chi connectivity index (χ0n) is 13.4. The van der Waals surface area contributed by atoms with Crippen molar-refractivity contribution in [1.29, 1.82) is 0 Å². The number of nitrogens with zero attached hydrogens (tertiary/aromatic N) is 1. The molecule has 2 atom stereocenters. The van der Waals surface area contributed by atoms with Crippen molar-refractivity contribution >= 4 is 6.03 Å². The van der Waals surface area contributed by atoms with Crippen molar-refractivity contribution < 1.29 is 9.53 Å². The fourth-order valence-electron chi connectivity index (χ4n) is 2.92. The molecule has 0 radical (unpaired) electrons. The van der Waals surface area contributed by atoms with Crippen molar-refractivity contribution in [3.05, 3.63) is 30.1 Å². The van der Waals surface area contributed by atoms with E-state index in [4.69, 9.17) is 4.74 Å². The Morgan fingerprint density at radius 2 is 1.95 bits per heavy atom. The Hall–Kier alpha value is -1.62. The van der Waals surface area contributed by atoms with Crippen LogP contribution in [0.25, 0.3) is 0 Å². The van der Waals surface area contributed by atoms with Gasteiger partial charge in [0.25, 0.3) is 0 Å². The van der Waals surface area contributed by atoms with Gasteiger partial charge in [-0.2, -0.15) is 0 Å². The second-order valence-corrected chi connectivity index (χ2v) is 6.84. The van der Waals surface area contributed by atoms with Crippen LogP contribution < -0.4 is 10.6 Å². The number of hydrogen-bond donors (Lipinski definition) is 2. The van der Waals surface area contributed by atoms with Crippen molar-refractivity contribution in [2.45, 2.75) is 64.3 Å². The van der Waals surface area contributed by atoms with E-state index < -0.39 is 0 Å². The van der Waals surface area contributed by atoms with Crippen LogP contribution in [0.15, 0.2) is 24.5 Å². The quantitative estimate of drug-likeness (QED) is 0.900. The Morgan fingerprint density at radius 3 is 2.48 bits per heavy atom. The first-order valence-electron chi connectivity index (χ1n) is 7.37. The molecule has 1 aromatic rings. The van der Waals surface area contributed by atoms with Crippen LogP contribution in [-0.4, -0.2) is 28.3 Å². The SMILES string of the molecule is C[C@@H](NC(=O)N[C@@H]1CC(C)(C)OC1(C)C)c1ccncc1. The van der Waals surface area contributed by atoms with Gasteiger partial charge in [-0.3, -0.25) is 4.98 Å². The molecule has 0 unspecified atom stereocenters. The standard InChI is InChI=1S/C16H25N3O2/c1-11(12-6-8-17-9-7-12)18-14(20)19-13-10-15(2,3)21-16(13,4)5/h6-9,11,13H,10H2,1-5H3,(H2,18,19,20)/t11-,13-/m1/s1. The minimum absolute atomic E-state index is 0.00265. The maximum Gasteiger partial charge on any atom is 0.315 e. The maximum absolute atomic E-state index is 12.2. The molecular weight excluding hydrogens is 266 g/mol. The summed E-state index contributed by atoms with van der Waals surface area (Å²) < 4.78 is 5.99. The minimum atomic E-state index is -0.360. The molecule has 2 rings (SSSR count). The first-order valence-corrected chi connectivity index (χ1v) is 7.37. The molecule has 116 valence electrons. The van der Waals surface area contributed by atoms with E-state index in [1.165, 1.54) is 0 Å². The fraction of sp³-hybridized carbons (Fsp3) is 0.625. The second-order valence-electron chi connectivity index (χ2n) is 6.84. The summed E-state index contributed by atoms with van der Waals surface area (Å²) in [5.41, 5.74) is 0.459. The van der Waals surface area contributed by atoms with Gasteiger partial charge in [-0.1, -0.05) is 0 Å². The number of ether oxygens (including phenoxy) is 1. The highest BCUT2D eigenvalue weighted by molar-refractivity contribution is 5.75. The zero-order chi connectivity index (χ0) is 15.7. The summed E-state index contributed by atoms with van der Waals surface area (Å²) in [6.07, 6.45) is 4.25. The summed E-state index contributed by atoms with van der Waals surface area (Å²) >= 11 is 0. The smallest absolute Gasteiger partial charge is 0.315 e. The Bertz CT molecular complexity index is 500. The lowest BCUT2D eigenvalue weighted by molar-refractivity contribution is -0.0690. The van der Waals surface area contributed by atoms with E-state index in [2.05, 4.69) is 15.6 Å². The van der Waals surface area contributed by atoms with Gasteiger partial charge in [-0.25, -0.2) is 4.79 Å². The third kappa shape index (κ3) is 3.94. The predicted octanol–water partition coefficient (Wildman–Crippen LogP) is 2.79. The molecule has 0 spiro atoms. The van der Waals surface area contributed by atoms with Gasteiger partial charge in [0.15, 0.2) is 0 Å². The number of hydrogen-bond acceptors (Lipinski definition) is 3. The van der Waals surface area contributed by atoms with E-state index in [0.717, 1.165) is 12.0 Å². The molecule has 21 heavy (non-hydrogen) atoms. The van der Waals surface area contributed by atoms with Crippen LogP contribution in [-0.2, 0) is 4.74 Å². The molecule has 2 amide bonds. The molecule has 0 aromatic carbocycles. The zero-order valence-corrected chi connectivity index (χ0v) is 13.4. The van der Waals surface area contributed by atoms with E-state index in [1.807, 2.05) is 46.8 Å². The highest BCUT2D eigenvalue weighted by Gasteiger charge is 2.46. The maximum atomic E-state index is 12.2. The van der Waals surface area contributed by atoms with Gasteiger partial charge < -0.3 is 15.4 Å². The Balaban J connectivity index is 1.93. The molecule has 1 aromatic heterocycles. The molecule has 5 nitrogen and oxygen atoms in total. The van der Waals surface area contributed by atoms with Gasteiger partial charge in [0.1, 0.15) is 0 Å². The number of rotatable bonds is 3. The van der Waals surface area contributed by atoms with Crippen molar-refractivity contribution in [3.63, 3.8) is 0 Å². The molecule has 1 aliphatic rings. The number of urea groups is 1. The topological polar surface area (TPSA) is 63.2 Å². The van der Waals surface area contributed by atoms with Gasteiger partial charge in [0, 0.05) is 12.4 Å². The van der Waals surface area contributed by atoms with Crippen molar-refractivity contribution in [2.75, 3.05) is 0 Å². The third-order valence-corrected chi connectivity index (χ3v) is 3.93. The molecule has 0 saturated carbocycles. The van der Waals surface area contributed by atoms with Crippen LogP contribution in [0.5, 0.6) is 0 Å². The van der Waals surface area contributed by atoms with Crippen LogP contribution in [0.4, 0.5) is 4.79 Å². The van der Waals surface area contributed by atoms with Crippen LogP contribution in [0.2, 0.25) is 0 Å². The van der Waals surface area contributed by atoms with Gasteiger partial charge in [0.05, 0.1) is 23.3 Å². The van der Waals surface area contributed by atoms with Crippen LogP contribution in [0, 0.1) is 0 Å². The number of pyridine rings is 1. The Morgan fingerprint density at radius 1 is 1.33 bits per heavy atom.